The van der Waals surface area contributed by atoms with E-state index in [-0.39, 0.29) is 11.7 Å². The molecule has 0 aromatic carbocycles. The van der Waals surface area contributed by atoms with Crippen LogP contribution in [0.25, 0.3) is 0 Å². The number of hydrogen-bond donors (Lipinski definition) is 2. The number of nitrogens with two attached hydrogens (primary N) is 1. The van der Waals surface area contributed by atoms with Gasteiger partial charge in [-0.1, -0.05) is 11.3 Å². The molecule has 0 fully saturated rings. The fraction of sp³-hybridized carbons (Fsp3) is 0.167. The van der Waals surface area contributed by atoms with E-state index in [1.54, 1.807) is 6.92 Å². The number of carbonyl (C=O) groups excluding carboxylic acids is 2. The first-order valence-corrected chi connectivity index (χ1v) is 6.29. The highest BCUT2D eigenvalue weighted by molar-refractivity contribution is 7.17. The van der Waals surface area contributed by atoms with E-state index < -0.39 is 0 Å². The first kappa shape index (κ1) is 13.2. The summed E-state index contributed by atoms with van der Waals surface area (Å²) in [5, 5.41) is 3.01. The number of aryl methyl sites for hydroxylation is 1. The average molecular weight is 276 g/mol. The summed E-state index contributed by atoms with van der Waals surface area (Å²) in [4.78, 5) is 31.8. The van der Waals surface area contributed by atoms with E-state index in [1.807, 2.05) is 0 Å². The second-order valence-electron chi connectivity index (χ2n) is 3.95. The Balaban J connectivity index is 2.20. The van der Waals surface area contributed by atoms with Crippen molar-refractivity contribution in [2.24, 2.45) is 0 Å². The predicted octanol–water partition coefficient (Wildman–Crippen LogP) is 1.88. The van der Waals surface area contributed by atoms with Gasteiger partial charge in [0.05, 0.1) is 21.8 Å². The minimum Gasteiger partial charge on any atom is -0.397 e. The Labute approximate surface area is 113 Å². The zero-order valence-corrected chi connectivity index (χ0v) is 11.2. The number of nitrogen functional groups attached to an aromatic ring is 1. The number of nitrogens with one attached hydrogen (secondary N) is 1. The van der Waals surface area contributed by atoms with Crippen molar-refractivity contribution in [3.8, 4) is 0 Å². The summed E-state index contributed by atoms with van der Waals surface area (Å²) < 4.78 is 0. The van der Waals surface area contributed by atoms with E-state index in [0.29, 0.717) is 27.0 Å². The molecule has 0 spiro atoms. The monoisotopic (exact) mass is 276 g/mol. The van der Waals surface area contributed by atoms with Crippen LogP contribution in [0.2, 0.25) is 0 Å². The smallest absolute Gasteiger partial charge is 0.259 e. The van der Waals surface area contributed by atoms with Crippen molar-refractivity contribution < 1.29 is 9.59 Å². The molecule has 7 heteroatoms. The number of rotatable bonds is 3. The number of ketones is 1. The number of thiazole rings is 1. The van der Waals surface area contributed by atoms with Gasteiger partial charge in [-0.15, -0.1) is 0 Å². The molecular weight excluding hydrogens is 264 g/mol. The topological polar surface area (TPSA) is 98.0 Å². The van der Waals surface area contributed by atoms with Gasteiger partial charge in [-0.25, -0.2) is 4.98 Å². The van der Waals surface area contributed by atoms with Crippen LogP contribution in [0.5, 0.6) is 0 Å². The van der Waals surface area contributed by atoms with E-state index in [4.69, 9.17) is 5.73 Å². The van der Waals surface area contributed by atoms with Gasteiger partial charge in [-0.3, -0.25) is 19.9 Å². The number of anilines is 2. The van der Waals surface area contributed by atoms with Crippen molar-refractivity contribution in [1.82, 2.24) is 9.97 Å². The summed E-state index contributed by atoms with van der Waals surface area (Å²) in [6.07, 6.45) is 2.87. The molecule has 0 aliphatic carbocycles. The summed E-state index contributed by atoms with van der Waals surface area (Å²) in [5.74, 6) is -0.426. The second-order valence-corrected chi connectivity index (χ2v) is 4.95. The summed E-state index contributed by atoms with van der Waals surface area (Å²) in [7, 11) is 0. The normalized spacial score (nSPS) is 10.2. The van der Waals surface area contributed by atoms with E-state index in [0.717, 1.165) is 11.3 Å². The van der Waals surface area contributed by atoms with Crippen LogP contribution in [-0.2, 0) is 0 Å². The van der Waals surface area contributed by atoms with Crippen LogP contribution in [0.4, 0.5) is 10.8 Å². The Bertz CT molecular complexity index is 651. The van der Waals surface area contributed by atoms with Crippen molar-refractivity contribution in [3.63, 3.8) is 0 Å². The lowest BCUT2D eigenvalue weighted by Crippen LogP contribution is -2.12. The molecule has 2 aromatic rings. The standard InChI is InChI=1S/C12H12N4O2S/c1-6-10(7(2)17)19-12(15-6)16-11(18)8-3-9(13)5-14-4-8/h3-5H,13H2,1-2H3,(H,15,16,18). The molecule has 0 saturated heterocycles. The number of pyridine rings is 1. The highest BCUT2D eigenvalue weighted by Crippen LogP contribution is 2.23. The quantitative estimate of drug-likeness (QED) is 0.834. The second kappa shape index (κ2) is 5.15. The van der Waals surface area contributed by atoms with Gasteiger partial charge in [0.2, 0.25) is 0 Å². The minimum atomic E-state index is -0.358. The van der Waals surface area contributed by atoms with Gasteiger partial charge < -0.3 is 5.73 Å². The molecule has 0 atom stereocenters. The summed E-state index contributed by atoms with van der Waals surface area (Å²) >= 11 is 1.15. The lowest BCUT2D eigenvalue weighted by Gasteiger charge is -2.01. The van der Waals surface area contributed by atoms with Crippen LogP contribution in [0.3, 0.4) is 0 Å². The first-order valence-electron chi connectivity index (χ1n) is 5.47. The SMILES string of the molecule is CC(=O)c1sc(NC(=O)c2cncc(N)c2)nc1C. The number of aromatic nitrogens is 2. The maximum atomic E-state index is 11.9. The molecule has 0 aliphatic rings. The van der Waals surface area contributed by atoms with Crippen LogP contribution in [0.15, 0.2) is 18.5 Å². The number of carbonyl (C=O) groups is 2. The molecule has 0 unspecified atom stereocenters. The van der Waals surface area contributed by atoms with Crippen molar-refractivity contribution in [3.05, 3.63) is 34.6 Å². The van der Waals surface area contributed by atoms with Gasteiger partial charge in [-0.2, -0.15) is 0 Å². The third-order valence-corrected chi connectivity index (χ3v) is 3.53. The molecule has 2 rings (SSSR count). The van der Waals surface area contributed by atoms with Gasteiger partial charge in [0.25, 0.3) is 5.91 Å². The van der Waals surface area contributed by atoms with Crippen LogP contribution in [0, 0.1) is 6.92 Å². The molecule has 3 N–H and O–H groups in total. The Morgan fingerprint density at radius 3 is 2.68 bits per heavy atom. The number of amides is 1. The fourth-order valence-corrected chi connectivity index (χ4v) is 2.38. The zero-order valence-electron chi connectivity index (χ0n) is 10.4. The molecule has 0 bridgehead atoms. The predicted molar refractivity (Wildman–Crippen MR) is 73.5 cm³/mol. The average Bonchev–Trinajstić information content (AvgIpc) is 2.70. The van der Waals surface area contributed by atoms with Gasteiger partial charge in [0.1, 0.15) is 0 Å². The van der Waals surface area contributed by atoms with Crippen LogP contribution in [0.1, 0.15) is 32.6 Å². The van der Waals surface area contributed by atoms with Crippen molar-refractivity contribution in [2.45, 2.75) is 13.8 Å². The summed E-state index contributed by atoms with van der Waals surface area (Å²) in [6, 6.07) is 1.52. The lowest BCUT2D eigenvalue weighted by molar-refractivity contribution is 0.101. The molecule has 2 aromatic heterocycles. The maximum Gasteiger partial charge on any atom is 0.259 e. The molecule has 0 radical (unpaired) electrons. The van der Waals surface area contributed by atoms with Gasteiger partial charge >= 0.3 is 0 Å². The van der Waals surface area contributed by atoms with E-state index in [1.165, 1.54) is 25.4 Å². The number of nitrogens with zero attached hydrogens (tertiary/aromatic N) is 2. The van der Waals surface area contributed by atoms with Crippen molar-refractivity contribution in [2.75, 3.05) is 11.1 Å². The largest absolute Gasteiger partial charge is 0.397 e. The van der Waals surface area contributed by atoms with Crippen LogP contribution in [-0.4, -0.2) is 21.7 Å². The minimum absolute atomic E-state index is 0.0684. The van der Waals surface area contributed by atoms with E-state index >= 15 is 0 Å². The number of hydrogen-bond acceptors (Lipinski definition) is 6. The Kier molecular flexibility index (Phi) is 3.57. The Morgan fingerprint density at radius 1 is 1.37 bits per heavy atom. The lowest BCUT2D eigenvalue weighted by atomic mass is 10.2. The Hall–Kier alpha value is -2.28. The van der Waals surface area contributed by atoms with Gasteiger partial charge in [0, 0.05) is 19.3 Å². The summed E-state index contributed by atoms with van der Waals surface area (Å²) in [6.45, 7) is 3.19. The third-order valence-electron chi connectivity index (χ3n) is 2.36. The van der Waals surface area contributed by atoms with E-state index in [2.05, 4.69) is 15.3 Å². The first-order chi connectivity index (χ1) is 8.97. The van der Waals surface area contributed by atoms with E-state index in [9.17, 15) is 9.59 Å². The third kappa shape index (κ3) is 2.94. The molecule has 19 heavy (non-hydrogen) atoms. The van der Waals surface area contributed by atoms with Crippen LogP contribution < -0.4 is 11.1 Å². The zero-order chi connectivity index (χ0) is 14.0. The molecule has 98 valence electrons. The van der Waals surface area contributed by atoms with Crippen molar-refractivity contribution >= 4 is 33.8 Å². The molecule has 0 aliphatic heterocycles. The Morgan fingerprint density at radius 2 is 2.11 bits per heavy atom. The molecule has 1 amide bonds. The molecule has 2 heterocycles. The van der Waals surface area contributed by atoms with Gasteiger partial charge in [-0.05, 0) is 13.0 Å². The van der Waals surface area contributed by atoms with Crippen LogP contribution >= 0.6 is 11.3 Å². The van der Waals surface area contributed by atoms with Crippen molar-refractivity contribution in [1.29, 1.82) is 0 Å². The fourth-order valence-electron chi connectivity index (χ4n) is 1.53. The van der Waals surface area contributed by atoms with Gasteiger partial charge in [0.15, 0.2) is 10.9 Å². The highest BCUT2D eigenvalue weighted by atomic mass is 32.1. The summed E-state index contributed by atoms with van der Waals surface area (Å²) in [5.41, 5.74) is 6.92. The molecular formula is C12H12N4O2S. The molecule has 6 nitrogen and oxygen atoms in total. The maximum absolute atomic E-state index is 11.9. The highest BCUT2D eigenvalue weighted by Gasteiger charge is 2.14. The molecule has 0 saturated carbocycles. The number of Topliss-reactive ketones (excluding diaryl/α,β-unsaturated/α-hetero) is 1.